The SMILES string of the molecule is CCC(N)CC(=O)N(C)Cc1cc(C)ccc1OC. The zero-order valence-corrected chi connectivity index (χ0v) is 12.3. The van der Waals surface area contributed by atoms with E-state index in [0.29, 0.717) is 13.0 Å². The zero-order valence-electron chi connectivity index (χ0n) is 12.3. The van der Waals surface area contributed by atoms with Crippen LogP contribution in [0.1, 0.15) is 30.9 Å². The number of carbonyl (C=O) groups excluding carboxylic acids is 1. The molecule has 1 rings (SSSR count). The van der Waals surface area contributed by atoms with Gasteiger partial charge in [0.05, 0.1) is 7.11 Å². The van der Waals surface area contributed by atoms with Crippen molar-refractivity contribution in [1.29, 1.82) is 0 Å². The van der Waals surface area contributed by atoms with Crippen molar-refractivity contribution in [2.45, 2.75) is 39.3 Å². The standard InChI is InChI=1S/C15H24N2O2/c1-5-13(16)9-15(18)17(3)10-12-8-11(2)6-7-14(12)19-4/h6-8,13H,5,9-10,16H2,1-4H3. The van der Waals surface area contributed by atoms with Gasteiger partial charge in [0.2, 0.25) is 5.91 Å². The van der Waals surface area contributed by atoms with E-state index in [1.54, 1.807) is 19.1 Å². The number of hydrogen-bond acceptors (Lipinski definition) is 3. The minimum Gasteiger partial charge on any atom is -0.496 e. The predicted octanol–water partition coefficient (Wildman–Crippen LogP) is 2.09. The Hall–Kier alpha value is -1.55. The summed E-state index contributed by atoms with van der Waals surface area (Å²) in [5.41, 5.74) is 7.98. The first-order chi connectivity index (χ1) is 8.97. The number of benzene rings is 1. The van der Waals surface area contributed by atoms with Crippen molar-refractivity contribution in [1.82, 2.24) is 4.90 Å². The van der Waals surface area contributed by atoms with Gasteiger partial charge in [0.25, 0.3) is 0 Å². The van der Waals surface area contributed by atoms with Crippen LogP contribution in [0.3, 0.4) is 0 Å². The predicted molar refractivity (Wildman–Crippen MR) is 77.1 cm³/mol. The van der Waals surface area contributed by atoms with Crippen LogP contribution in [0.2, 0.25) is 0 Å². The minimum atomic E-state index is -0.0608. The first-order valence-electron chi connectivity index (χ1n) is 6.61. The molecule has 1 amide bonds. The van der Waals surface area contributed by atoms with Crippen LogP contribution in [0.25, 0.3) is 0 Å². The van der Waals surface area contributed by atoms with Gasteiger partial charge in [0, 0.05) is 31.6 Å². The number of hydrogen-bond donors (Lipinski definition) is 1. The Labute approximate surface area is 115 Å². The number of nitrogens with zero attached hydrogens (tertiary/aromatic N) is 1. The number of rotatable bonds is 6. The normalized spacial score (nSPS) is 12.1. The average Bonchev–Trinajstić information content (AvgIpc) is 2.38. The van der Waals surface area contributed by atoms with E-state index in [2.05, 4.69) is 0 Å². The molecule has 0 fully saturated rings. The molecule has 1 aromatic rings. The molecule has 1 unspecified atom stereocenters. The van der Waals surface area contributed by atoms with Crippen molar-refractivity contribution in [3.63, 3.8) is 0 Å². The second kappa shape index (κ2) is 7.14. The van der Waals surface area contributed by atoms with Gasteiger partial charge < -0.3 is 15.4 Å². The Morgan fingerprint density at radius 3 is 2.74 bits per heavy atom. The van der Waals surface area contributed by atoms with Crippen molar-refractivity contribution in [2.75, 3.05) is 14.2 Å². The highest BCUT2D eigenvalue weighted by molar-refractivity contribution is 5.76. The Balaban J connectivity index is 2.73. The summed E-state index contributed by atoms with van der Waals surface area (Å²) in [5.74, 6) is 0.878. The van der Waals surface area contributed by atoms with Gasteiger partial charge in [-0.2, -0.15) is 0 Å². The number of ether oxygens (including phenoxy) is 1. The zero-order chi connectivity index (χ0) is 14.4. The van der Waals surface area contributed by atoms with Crippen LogP contribution in [0, 0.1) is 6.92 Å². The summed E-state index contributed by atoms with van der Waals surface area (Å²) in [6.07, 6.45) is 1.20. The third-order valence-electron chi connectivity index (χ3n) is 3.23. The minimum absolute atomic E-state index is 0.0608. The second-order valence-corrected chi connectivity index (χ2v) is 4.94. The summed E-state index contributed by atoms with van der Waals surface area (Å²) in [4.78, 5) is 13.7. The number of carbonyl (C=O) groups is 1. The number of nitrogens with two attached hydrogens (primary N) is 1. The Bertz CT molecular complexity index is 432. The number of aryl methyl sites for hydroxylation is 1. The Morgan fingerprint density at radius 2 is 2.16 bits per heavy atom. The third-order valence-corrected chi connectivity index (χ3v) is 3.23. The van der Waals surface area contributed by atoms with Crippen molar-refractivity contribution >= 4 is 5.91 Å². The number of methoxy groups -OCH3 is 1. The topological polar surface area (TPSA) is 55.6 Å². The summed E-state index contributed by atoms with van der Waals surface area (Å²) >= 11 is 0. The van der Waals surface area contributed by atoms with Crippen molar-refractivity contribution in [2.24, 2.45) is 5.73 Å². The average molecular weight is 264 g/mol. The van der Waals surface area contributed by atoms with Crippen LogP contribution >= 0.6 is 0 Å². The molecule has 4 heteroatoms. The maximum absolute atomic E-state index is 12.0. The lowest BCUT2D eigenvalue weighted by Crippen LogP contribution is -2.32. The molecule has 0 aromatic heterocycles. The van der Waals surface area contributed by atoms with Gasteiger partial charge >= 0.3 is 0 Å². The Kier molecular flexibility index (Phi) is 5.83. The molecular formula is C15H24N2O2. The molecule has 4 nitrogen and oxygen atoms in total. The third kappa shape index (κ3) is 4.56. The molecular weight excluding hydrogens is 240 g/mol. The maximum atomic E-state index is 12.0. The van der Waals surface area contributed by atoms with Gasteiger partial charge in [-0.3, -0.25) is 4.79 Å². The first kappa shape index (κ1) is 15.5. The highest BCUT2D eigenvalue weighted by Gasteiger charge is 2.14. The van der Waals surface area contributed by atoms with E-state index in [1.807, 2.05) is 32.0 Å². The smallest absolute Gasteiger partial charge is 0.224 e. The fourth-order valence-corrected chi connectivity index (χ4v) is 1.90. The van der Waals surface area contributed by atoms with E-state index in [-0.39, 0.29) is 11.9 Å². The molecule has 0 aliphatic heterocycles. The van der Waals surface area contributed by atoms with Gasteiger partial charge in [-0.15, -0.1) is 0 Å². The van der Waals surface area contributed by atoms with Gasteiger partial charge in [-0.05, 0) is 19.4 Å². The summed E-state index contributed by atoms with van der Waals surface area (Å²) in [6.45, 7) is 4.55. The molecule has 0 aliphatic carbocycles. The van der Waals surface area contributed by atoms with Crippen LogP contribution in [-0.2, 0) is 11.3 Å². The van der Waals surface area contributed by atoms with Gasteiger partial charge in [-0.25, -0.2) is 0 Å². The molecule has 19 heavy (non-hydrogen) atoms. The van der Waals surface area contributed by atoms with Crippen LogP contribution in [0.5, 0.6) is 5.75 Å². The summed E-state index contributed by atoms with van der Waals surface area (Å²) in [6, 6.07) is 5.91. The molecule has 2 N–H and O–H groups in total. The largest absolute Gasteiger partial charge is 0.496 e. The van der Waals surface area contributed by atoms with E-state index in [1.165, 1.54) is 0 Å². The van der Waals surface area contributed by atoms with Gasteiger partial charge in [0.1, 0.15) is 5.75 Å². The molecule has 0 saturated heterocycles. The van der Waals surface area contributed by atoms with E-state index >= 15 is 0 Å². The molecule has 106 valence electrons. The second-order valence-electron chi connectivity index (χ2n) is 4.94. The van der Waals surface area contributed by atoms with Gasteiger partial charge in [0.15, 0.2) is 0 Å². The quantitative estimate of drug-likeness (QED) is 0.856. The summed E-state index contributed by atoms with van der Waals surface area (Å²) in [7, 11) is 3.44. The molecule has 0 heterocycles. The van der Waals surface area contributed by atoms with Crippen molar-refractivity contribution < 1.29 is 9.53 Å². The molecule has 0 aliphatic rings. The van der Waals surface area contributed by atoms with Crippen molar-refractivity contribution in [3.8, 4) is 5.75 Å². The molecule has 0 bridgehead atoms. The lowest BCUT2D eigenvalue weighted by molar-refractivity contribution is -0.130. The Morgan fingerprint density at radius 1 is 1.47 bits per heavy atom. The molecule has 0 spiro atoms. The van der Waals surface area contributed by atoms with E-state index < -0.39 is 0 Å². The first-order valence-corrected chi connectivity index (χ1v) is 6.61. The van der Waals surface area contributed by atoms with E-state index in [9.17, 15) is 4.79 Å². The lowest BCUT2D eigenvalue weighted by atomic mass is 10.1. The van der Waals surface area contributed by atoms with Crippen LogP contribution in [-0.4, -0.2) is 31.0 Å². The monoisotopic (exact) mass is 264 g/mol. The molecule has 1 aromatic carbocycles. The molecule has 0 radical (unpaired) electrons. The number of amides is 1. The van der Waals surface area contributed by atoms with Crippen LogP contribution in [0.15, 0.2) is 18.2 Å². The lowest BCUT2D eigenvalue weighted by Gasteiger charge is -2.20. The van der Waals surface area contributed by atoms with E-state index in [4.69, 9.17) is 10.5 Å². The van der Waals surface area contributed by atoms with E-state index in [0.717, 1.165) is 23.3 Å². The fraction of sp³-hybridized carbons (Fsp3) is 0.533. The van der Waals surface area contributed by atoms with Gasteiger partial charge in [-0.1, -0.05) is 24.6 Å². The molecule has 0 saturated carbocycles. The molecule has 1 atom stereocenters. The highest BCUT2D eigenvalue weighted by Crippen LogP contribution is 2.21. The maximum Gasteiger partial charge on any atom is 0.224 e. The van der Waals surface area contributed by atoms with Crippen LogP contribution in [0.4, 0.5) is 0 Å². The highest BCUT2D eigenvalue weighted by atomic mass is 16.5. The van der Waals surface area contributed by atoms with Crippen LogP contribution < -0.4 is 10.5 Å². The van der Waals surface area contributed by atoms with Crippen molar-refractivity contribution in [3.05, 3.63) is 29.3 Å². The summed E-state index contributed by atoms with van der Waals surface area (Å²) in [5, 5.41) is 0. The fourth-order valence-electron chi connectivity index (χ4n) is 1.90. The summed E-state index contributed by atoms with van der Waals surface area (Å²) < 4.78 is 5.32.